The Morgan fingerprint density at radius 2 is 1.97 bits per heavy atom. The van der Waals surface area contributed by atoms with Gasteiger partial charge >= 0.3 is 0 Å². The summed E-state index contributed by atoms with van der Waals surface area (Å²) in [6, 6.07) is 11.4. The third kappa shape index (κ3) is 4.72. The Balaban J connectivity index is 1.53. The van der Waals surface area contributed by atoms with Crippen LogP contribution in [0.4, 0.5) is 5.69 Å². The molecule has 0 saturated carbocycles. The Morgan fingerprint density at radius 3 is 2.62 bits per heavy atom. The summed E-state index contributed by atoms with van der Waals surface area (Å²) >= 11 is 6.23. The summed E-state index contributed by atoms with van der Waals surface area (Å²) in [6.07, 6.45) is 3.44. The minimum Gasteiger partial charge on any atom is -0.441 e. The predicted molar refractivity (Wildman–Crippen MR) is 123 cm³/mol. The van der Waals surface area contributed by atoms with E-state index < -0.39 is 15.9 Å². The predicted octanol–water partition coefficient (Wildman–Crippen LogP) is 4.98. The summed E-state index contributed by atoms with van der Waals surface area (Å²) in [6.45, 7) is 4.70. The first-order chi connectivity index (χ1) is 15.2. The first-order valence-electron chi connectivity index (χ1n) is 10.4. The Bertz CT molecular complexity index is 1240. The third-order valence-corrected chi connectivity index (χ3v) is 7.83. The van der Waals surface area contributed by atoms with Gasteiger partial charge in [-0.15, -0.1) is 0 Å². The van der Waals surface area contributed by atoms with Crippen LogP contribution >= 0.6 is 11.6 Å². The summed E-state index contributed by atoms with van der Waals surface area (Å²) < 4.78 is 33.3. The molecule has 4 rings (SSSR count). The molecule has 32 heavy (non-hydrogen) atoms. The van der Waals surface area contributed by atoms with Crippen LogP contribution in [0.3, 0.4) is 0 Å². The molecule has 2 aromatic carbocycles. The van der Waals surface area contributed by atoms with Gasteiger partial charge in [0, 0.05) is 36.8 Å². The number of aryl methyl sites for hydroxylation is 1. The quantitative estimate of drug-likeness (QED) is 0.564. The van der Waals surface area contributed by atoms with Crippen molar-refractivity contribution in [1.82, 2.24) is 9.29 Å². The van der Waals surface area contributed by atoms with Crippen LogP contribution in [0.2, 0.25) is 5.02 Å². The van der Waals surface area contributed by atoms with Gasteiger partial charge in [-0.3, -0.25) is 4.79 Å². The average molecular weight is 474 g/mol. The van der Waals surface area contributed by atoms with E-state index in [0.29, 0.717) is 30.4 Å². The number of rotatable bonds is 5. The van der Waals surface area contributed by atoms with Crippen molar-refractivity contribution in [2.75, 3.05) is 18.4 Å². The molecule has 1 aliphatic rings. The smallest absolute Gasteiger partial charge is 0.255 e. The Morgan fingerprint density at radius 1 is 1.22 bits per heavy atom. The SMILES string of the molecule is Cc1ncc(-c2ccc(NC(=O)c3ccc(Cl)c(S(=O)(=O)N4CCC[C@@H](C)C4)c3)cc2)o1. The van der Waals surface area contributed by atoms with Crippen LogP contribution in [0.25, 0.3) is 11.3 Å². The van der Waals surface area contributed by atoms with Crippen molar-refractivity contribution < 1.29 is 17.6 Å². The van der Waals surface area contributed by atoms with Crippen molar-refractivity contribution in [2.45, 2.75) is 31.6 Å². The number of aromatic nitrogens is 1. The molecule has 1 N–H and O–H groups in total. The lowest BCUT2D eigenvalue weighted by molar-refractivity contribution is 0.102. The number of sulfonamides is 1. The van der Waals surface area contributed by atoms with E-state index in [-0.39, 0.29) is 21.4 Å². The fourth-order valence-corrected chi connectivity index (χ4v) is 5.86. The number of carbonyl (C=O) groups excluding carboxylic acids is 1. The molecule has 0 aliphatic carbocycles. The molecule has 0 bridgehead atoms. The van der Waals surface area contributed by atoms with Crippen LogP contribution in [0.15, 0.2) is 58.0 Å². The molecular weight excluding hydrogens is 450 g/mol. The highest BCUT2D eigenvalue weighted by atomic mass is 35.5. The van der Waals surface area contributed by atoms with E-state index in [0.717, 1.165) is 18.4 Å². The third-order valence-electron chi connectivity index (χ3n) is 5.48. The monoisotopic (exact) mass is 473 g/mol. The Labute approximate surface area is 192 Å². The highest BCUT2D eigenvalue weighted by molar-refractivity contribution is 7.89. The molecule has 0 spiro atoms. The van der Waals surface area contributed by atoms with Crippen molar-refractivity contribution in [2.24, 2.45) is 5.92 Å². The van der Waals surface area contributed by atoms with E-state index in [2.05, 4.69) is 10.3 Å². The molecule has 1 aliphatic heterocycles. The highest BCUT2D eigenvalue weighted by Crippen LogP contribution is 2.29. The fraction of sp³-hybridized carbons (Fsp3) is 0.304. The first kappa shape index (κ1) is 22.5. The lowest BCUT2D eigenvalue weighted by Gasteiger charge is -2.30. The van der Waals surface area contributed by atoms with Gasteiger partial charge in [-0.05, 0) is 61.2 Å². The number of benzene rings is 2. The van der Waals surface area contributed by atoms with Gasteiger partial charge in [0.1, 0.15) is 4.90 Å². The second-order valence-corrected chi connectivity index (χ2v) is 10.3. The van der Waals surface area contributed by atoms with Gasteiger partial charge in [-0.25, -0.2) is 13.4 Å². The molecule has 3 aromatic rings. The van der Waals surface area contributed by atoms with Gasteiger partial charge in [0.2, 0.25) is 10.0 Å². The molecule has 9 heteroatoms. The number of anilines is 1. The van der Waals surface area contributed by atoms with E-state index >= 15 is 0 Å². The maximum Gasteiger partial charge on any atom is 0.255 e. The normalized spacial score (nSPS) is 17.3. The van der Waals surface area contributed by atoms with E-state index in [4.69, 9.17) is 16.0 Å². The van der Waals surface area contributed by atoms with Crippen molar-refractivity contribution in [3.8, 4) is 11.3 Å². The van der Waals surface area contributed by atoms with Crippen LogP contribution in [-0.4, -0.2) is 36.7 Å². The summed E-state index contributed by atoms with van der Waals surface area (Å²) in [5, 5.41) is 2.89. The molecule has 1 aromatic heterocycles. The van der Waals surface area contributed by atoms with Crippen LogP contribution in [0.1, 0.15) is 36.0 Å². The molecule has 1 fully saturated rings. The fourth-order valence-electron chi connectivity index (χ4n) is 3.76. The summed E-state index contributed by atoms with van der Waals surface area (Å²) in [4.78, 5) is 16.8. The molecule has 0 unspecified atom stereocenters. The van der Waals surface area contributed by atoms with E-state index in [1.165, 1.54) is 22.5 Å². The number of piperidine rings is 1. The zero-order valence-corrected chi connectivity index (χ0v) is 19.4. The van der Waals surface area contributed by atoms with Crippen molar-refractivity contribution in [1.29, 1.82) is 0 Å². The summed E-state index contributed by atoms with van der Waals surface area (Å²) in [7, 11) is -3.78. The summed E-state index contributed by atoms with van der Waals surface area (Å²) in [5.41, 5.74) is 1.62. The number of hydrogen-bond acceptors (Lipinski definition) is 5. The molecule has 1 saturated heterocycles. The number of hydrogen-bond donors (Lipinski definition) is 1. The second-order valence-electron chi connectivity index (χ2n) is 8.03. The lowest BCUT2D eigenvalue weighted by atomic mass is 10.0. The van der Waals surface area contributed by atoms with Crippen molar-refractivity contribution in [3.63, 3.8) is 0 Å². The second kappa shape index (κ2) is 9.05. The minimum absolute atomic E-state index is 0.0445. The van der Waals surface area contributed by atoms with Crippen molar-refractivity contribution >= 4 is 33.2 Å². The van der Waals surface area contributed by atoms with Crippen LogP contribution < -0.4 is 5.32 Å². The van der Waals surface area contributed by atoms with Crippen LogP contribution in [0, 0.1) is 12.8 Å². The number of oxazole rings is 1. The van der Waals surface area contributed by atoms with Crippen LogP contribution in [-0.2, 0) is 10.0 Å². The molecular formula is C23H24ClN3O4S. The van der Waals surface area contributed by atoms with Gasteiger partial charge in [0.05, 0.1) is 11.2 Å². The van der Waals surface area contributed by atoms with Gasteiger partial charge < -0.3 is 9.73 Å². The largest absolute Gasteiger partial charge is 0.441 e. The maximum absolute atomic E-state index is 13.2. The van der Waals surface area contributed by atoms with Gasteiger partial charge in [-0.1, -0.05) is 18.5 Å². The number of carbonyl (C=O) groups is 1. The van der Waals surface area contributed by atoms with Gasteiger partial charge in [0.15, 0.2) is 11.7 Å². The number of halogens is 1. The maximum atomic E-state index is 13.2. The number of nitrogens with one attached hydrogen (secondary N) is 1. The number of nitrogens with zero attached hydrogens (tertiary/aromatic N) is 2. The van der Waals surface area contributed by atoms with Crippen LogP contribution in [0.5, 0.6) is 0 Å². The standard InChI is InChI=1S/C23H24ClN3O4S/c1-15-4-3-11-27(14-15)32(29,30)22-12-18(7-10-20(22)24)23(28)26-19-8-5-17(6-9-19)21-13-25-16(2)31-21/h5-10,12-13,15H,3-4,11,14H2,1-2H3,(H,26,28)/t15-/m1/s1. The molecule has 2 heterocycles. The molecule has 7 nitrogen and oxygen atoms in total. The van der Waals surface area contributed by atoms with E-state index in [1.807, 2.05) is 19.1 Å². The summed E-state index contributed by atoms with van der Waals surface area (Å²) in [5.74, 6) is 1.07. The zero-order chi connectivity index (χ0) is 22.9. The van der Waals surface area contributed by atoms with Crippen molar-refractivity contribution in [3.05, 3.63) is 65.1 Å². The lowest BCUT2D eigenvalue weighted by Crippen LogP contribution is -2.39. The highest BCUT2D eigenvalue weighted by Gasteiger charge is 2.31. The molecule has 1 atom stereocenters. The Kier molecular flexibility index (Phi) is 6.37. The van der Waals surface area contributed by atoms with E-state index in [9.17, 15) is 13.2 Å². The molecule has 0 radical (unpaired) electrons. The molecule has 1 amide bonds. The van der Waals surface area contributed by atoms with E-state index in [1.54, 1.807) is 25.3 Å². The first-order valence-corrected chi connectivity index (χ1v) is 12.2. The van der Waals surface area contributed by atoms with Gasteiger partial charge in [-0.2, -0.15) is 4.31 Å². The zero-order valence-electron chi connectivity index (χ0n) is 17.8. The number of amides is 1. The average Bonchev–Trinajstić information content (AvgIpc) is 3.20. The molecule has 168 valence electrons. The Hall–Kier alpha value is -2.68. The minimum atomic E-state index is -3.78. The van der Waals surface area contributed by atoms with Gasteiger partial charge in [0.25, 0.3) is 5.91 Å². The topological polar surface area (TPSA) is 92.5 Å².